The summed E-state index contributed by atoms with van der Waals surface area (Å²) in [5.74, 6) is -4.53. The molecule has 0 spiro atoms. The zero-order valence-electron chi connectivity index (χ0n) is 48.6. The topological polar surface area (TPSA) is 273 Å². The van der Waals surface area contributed by atoms with Crippen molar-refractivity contribution in [1.82, 2.24) is 36.1 Å². The Morgan fingerprint density at radius 2 is 1.38 bits per heavy atom. The number of carboxylic acids is 1. The van der Waals surface area contributed by atoms with Gasteiger partial charge in [-0.1, -0.05) is 80.9 Å². The molecule has 2 rings (SSSR count). The Labute approximate surface area is 457 Å². The van der Waals surface area contributed by atoms with Crippen molar-refractivity contribution in [1.29, 1.82) is 0 Å². The van der Waals surface area contributed by atoms with Crippen LogP contribution in [0.25, 0.3) is 0 Å². The van der Waals surface area contributed by atoms with Gasteiger partial charge in [0.15, 0.2) is 0 Å². The summed E-state index contributed by atoms with van der Waals surface area (Å²) in [6.07, 6.45) is 0.713. The van der Waals surface area contributed by atoms with Crippen LogP contribution in [0.4, 0.5) is 5.69 Å². The molecule has 0 aromatic heterocycles. The van der Waals surface area contributed by atoms with Crippen molar-refractivity contribution in [2.24, 2.45) is 29.6 Å². The minimum atomic E-state index is -0.958. The van der Waals surface area contributed by atoms with E-state index in [9.17, 15) is 38.4 Å². The lowest BCUT2D eigenvalue weighted by Gasteiger charge is -2.41. The number of carbonyl (C=O) groups excluding carboxylic acids is 7. The number of carboxylic acid groups (broad SMARTS) is 1. The summed E-state index contributed by atoms with van der Waals surface area (Å²) >= 11 is 0. The standard InChI is InChI=1S/C55H94N8O14/c1-16-36(8)49(62(13)55(72)47(34(4)5)59-54(71)48(35(6)7)61(11)12)43(73-14)31-45(65)63-25-17-18-42(63)50(74-15)37(9)51(68)58-41(30-33(2)3)53(70)60-77-32-39-19-21-40(22-20-39)57-52(69)38(10)56-44(64)23-26-75-28-29-76-27-24-46(66)67/h19-22,33-38,41-43,47-50H,16-18,23-32H2,1-15H3,(H,56,64)(H,57,69)(H,58,68)(H,59,71)(H,60,70)(H,66,67)/t36-,37+,38+,41-,42-,43+,47-,48-,49-,50+/m0/s1. The lowest BCUT2D eigenvalue weighted by Crippen LogP contribution is -2.59. The summed E-state index contributed by atoms with van der Waals surface area (Å²) in [4.78, 5) is 116. The van der Waals surface area contributed by atoms with Crippen molar-refractivity contribution in [3.63, 3.8) is 0 Å². The molecule has 438 valence electrons. The number of carbonyl (C=O) groups is 8. The van der Waals surface area contributed by atoms with Crippen molar-refractivity contribution in [2.75, 3.05) is 73.7 Å². The summed E-state index contributed by atoms with van der Waals surface area (Å²) in [6, 6.07) is 2.68. The van der Waals surface area contributed by atoms with Crippen LogP contribution in [0, 0.1) is 29.6 Å². The molecule has 1 aromatic carbocycles. The number of rotatable bonds is 36. The van der Waals surface area contributed by atoms with Crippen LogP contribution in [0.15, 0.2) is 24.3 Å². The number of amides is 7. The lowest BCUT2D eigenvalue weighted by molar-refractivity contribution is -0.148. The minimum Gasteiger partial charge on any atom is -0.481 e. The van der Waals surface area contributed by atoms with Crippen LogP contribution in [-0.2, 0) is 68.7 Å². The molecule has 1 heterocycles. The molecule has 7 amide bonds. The normalized spacial score (nSPS) is 17.2. The van der Waals surface area contributed by atoms with E-state index in [1.165, 1.54) is 14.2 Å². The average molecular weight is 1090 g/mol. The maximum atomic E-state index is 14.4. The van der Waals surface area contributed by atoms with Gasteiger partial charge in [0.2, 0.25) is 35.4 Å². The molecule has 0 aliphatic carbocycles. The van der Waals surface area contributed by atoms with E-state index in [1.54, 1.807) is 55.0 Å². The van der Waals surface area contributed by atoms with E-state index >= 15 is 0 Å². The Morgan fingerprint density at radius 3 is 1.91 bits per heavy atom. The predicted molar refractivity (Wildman–Crippen MR) is 291 cm³/mol. The molecule has 1 aliphatic rings. The smallest absolute Gasteiger partial charge is 0.305 e. The second kappa shape index (κ2) is 34.6. The van der Waals surface area contributed by atoms with Gasteiger partial charge in [0.05, 0.1) is 82.1 Å². The first-order valence-electron chi connectivity index (χ1n) is 27.2. The molecule has 10 atom stereocenters. The van der Waals surface area contributed by atoms with Gasteiger partial charge in [0, 0.05) is 39.9 Å². The molecule has 1 fully saturated rings. The lowest BCUT2D eigenvalue weighted by atomic mass is 9.89. The highest BCUT2D eigenvalue weighted by molar-refractivity contribution is 5.97. The molecule has 0 radical (unpaired) electrons. The van der Waals surface area contributed by atoms with Gasteiger partial charge < -0.3 is 55.1 Å². The number of likely N-dealkylation sites (tertiary alicyclic amines) is 1. The maximum Gasteiger partial charge on any atom is 0.305 e. The molecule has 6 N–H and O–H groups in total. The molecule has 1 saturated heterocycles. The molecular weight excluding hydrogens is 997 g/mol. The van der Waals surface area contributed by atoms with Crippen LogP contribution in [0.2, 0.25) is 0 Å². The number of benzene rings is 1. The third-order valence-electron chi connectivity index (χ3n) is 14.0. The van der Waals surface area contributed by atoms with Gasteiger partial charge >= 0.3 is 5.97 Å². The van der Waals surface area contributed by atoms with Crippen molar-refractivity contribution < 1.29 is 67.2 Å². The highest BCUT2D eigenvalue weighted by Crippen LogP contribution is 2.30. The predicted octanol–water partition coefficient (Wildman–Crippen LogP) is 3.75. The highest BCUT2D eigenvalue weighted by atomic mass is 16.7. The van der Waals surface area contributed by atoms with Crippen LogP contribution in [0.5, 0.6) is 0 Å². The van der Waals surface area contributed by atoms with E-state index in [0.717, 1.165) is 0 Å². The second-order valence-electron chi connectivity index (χ2n) is 21.5. The molecule has 1 aromatic rings. The van der Waals surface area contributed by atoms with Gasteiger partial charge in [-0.2, -0.15) is 0 Å². The fourth-order valence-corrected chi connectivity index (χ4v) is 9.64. The number of nitrogens with one attached hydrogen (secondary N) is 5. The number of aliphatic carboxylic acids is 1. The quantitative estimate of drug-likeness (QED) is 0.0413. The van der Waals surface area contributed by atoms with Gasteiger partial charge in [0.1, 0.15) is 18.1 Å². The maximum absolute atomic E-state index is 14.4. The third-order valence-corrected chi connectivity index (χ3v) is 14.0. The average Bonchev–Trinajstić information content (AvgIpc) is 3.85. The molecule has 22 heteroatoms. The van der Waals surface area contributed by atoms with Crippen LogP contribution < -0.4 is 26.7 Å². The van der Waals surface area contributed by atoms with Crippen molar-refractivity contribution in [3.05, 3.63) is 29.8 Å². The third kappa shape index (κ3) is 22.6. The molecule has 0 unspecified atom stereocenters. The largest absolute Gasteiger partial charge is 0.481 e. The van der Waals surface area contributed by atoms with E-state index in [2.05, 4.69) is 26.7 Å². The van der Waals surface area contributed by atoms with Crippen molar-refractivity contribution >= 4 is 53.0 Å². The van der Waals surface area contributed by atoms with E-state index in [-0.39, 0.29) is 99.6 Å². The Hall–Kier alpha value is -5.26. The Morgan fingerprint density at radius 1 is 0.753 bits per heavy atom. The number of anilines is 1. The monoisotopic (exact) mass is 1090 g/mol. The summed E-state index contributed by atoms with van der Waals surface area (Å²) in [5, 5.41) is 19.9. The summed E-state index contributed by atoms with van der Waals surface area (Å²) in [6.45, 7) is 19.8. The molecule has 0 bridgehead atoms. The Kier molecular flexibility index (Phi) is 30.5. The van der Waals surface area contributed by atoms with Gasteiger partial charge in [-0.25, -0.2) is 5.48 Å². The van der Waals surface area contributed by atoms with Crippen LogP contribution in [0.3, 0.4) is 0 Å². The van der Waals surface area contributed by atoms with Crippen LogP contribution >= 0.6 is 0 Å². The van der Waals surface area contributed by atoms with Gasteiger partial charge in [0.25, 0.3) is 5.91 Å². The molecular formula is C55H94N8O14. The Balaban J connectivity index is 2.05. The number of hydrogen-bond acceptors (Lipinski definition) is 14. The fourth-order valence-electron chi connectivity index (χ4n) is 9.64. The first-order valence-corrected chi connectivity index (χ1v) is 27.2. The number of ether oxygens (including phenoxy) is 4. The number of nitrogens with zero attached hydrogens (tertiary/aromatic N) is 3. The number of hydroxylamine groups is 1. The molecule has 0 saturated carbocycles. The summed E-state index contributed by atoms with van der Waals surface area (Å²) in [7, 11) is 8.42. The van der Waals surface area contributed by atoms with E-state index in [0.29, 0.717) is 43.5 Å². The second-order valence-corrected chi connectivity index (χ2v) is 21.5. The molecule has 1 aliphatic heterocycles. The number of hydrogen-bond donors (Lipinski definition) is 6. The molecule has 77 heavy (non-hydrogen) atoms. The van der Waals surface area contributed by atoms with Gasteiger partial charge in [-0.15, -0.1) is 0 Å². The number of likely N-dealkylation sites (N-methyl/N-ethyl adjacent to an activating group) is 2. The van der Waals surface area contributed by atoms with Crippen molar-refractivity contribution in [3.8, 4) is 0 Å². The highest BCUT2D eigenvalue weighted by Gasteiger charge is 2.43. The minimum absolute atomic E-state index is 0.0108. The Bertz CT molecular complexity index is 2010. The summed E-state index contributed by atoms with van der Waals surface area (Å²) in [5.41, 5.74) is 3.60. The van der Waals surface area contributed by atoms with E-state index < -0.39 is 78.1 Å². The first kappa shape index (κ1) is 67.8. The van der Waals surface area contributed by atoms with Gasteiger partial charge in [-0.3, -0.25) is 48.1 Å². The summed E-state index contributed by atoms with van der Waals surface area (Å²) < 4.78 is 22.5. The SMILES string of the molecule is CC[C@H](C)[C@@H]([C@@H](CC(=O)N1CCC[C@H]1[C@H](OC)[C@@H](C)C(=O)N[C@@H](CC(C)C)C(=O)NOCc1ccc(NC(=O)[C@@H](C)NC(=O)CCOCCOCCC(=O)O)cc1)OC)N(C)C(=O)[C@@H](NC(=O)[C@H](C(C)C)N(C)C)C(C)C. The van der Waals surface area contributed by atoms with E-state index in [1.807, 2.05) is 74.4 Å². The van der Waals surface area contributed by atoms with Crippen LogP contribution in [-0.4, -0.2) is 184 Å². The molecule has 22 nitrogen and oxygen atoms in total. The van der Waals surface area contributed by atoms with Crippen LogP contribution in [0.1, 0.15) is 120 Å². The van der Waals surface area contributed by atoms with E-state index in [4.69, 9.17) is 28.9 Å². The number of methoxy groups -OCH3 is 2. The zero-order valence-corrected chi connectivity index (χ0v) is 48.6. The zero-order chi connectivity index (χ0) is 58.1. The fraction of sp³-hybridized carbons (Fsp3) is 0.745. The van der Waals surface area contributed by atoms with Gasteiger partial charge in [-0.05, 0) is 81.6 Å². The first-order chi connectivity index (χ1) is 36.3. The van der Waals surface area contributed by atoms with Crippen molar-refractivity contribution in [2.45, 2.75) is 169 Å².